The number of aromatic nitrogens is 1. The number of pyridine rings is 1. The van der Waals surface area contributed by atoms with E-state index in [1.54, 1.807) is 0 Å². The van der Waals surface area contributed by atoms with Gasteiger partial charge in [0.05, 0.1) is 0 Å². The Hall–Kier alpha value is -1.63. The lowest BCUT2D eigenvalue weighted by molar-refractivity contribution is 0.556. The van der Waals surface area contributed by atoms with Crippen molar-refractivity contribution in [2.45, 2.75) is 113 Å². The molecule has 1 nitrogen and oxygen atoms in total. The average Bonchev–Trinajstić information content (AvgIpc) is 2.53. The third kappa shape index (κ3) is 9.61. The maximum Gasteiger partial charge on any atom is 0.0457 e. The zero-order valence-corrected chi connectivity index (χ0v) is 19.6. The van der Waals surface area contributed by atoms with Gasteiger partial charge in [-0.2, -0.15) is 0 Å². The maximum atomic E-state index is 4.52. The van der Waals surface area contributed by atoms with Gasteiger partial charge in [0.15, 0.2) is 0 Å². The summed E-state index contributed by atoms with van der Waals surface area (Å²) in [5, 5.41) is 0. The van der Waals surface area contributed by atoms with Crippen molar-refractivity contribution in [3.05, 3.63) is 65.0 Å². The van der Waals surface area contributed by atoms with Crippen LogP contribution in [0.4, 0.5) is 0 Å². The van der Waals surface area contributed by atoms with Crippen LogP contribution in [-0.4, -0.2) is 4.98 Å². The highest BCUT2D eigenvalue weighted by Gasteiger charge is 2.18. The Morgan fingerprint density at radius 2 is 1.00 bits per heavy atom. The van der Waals surface area contributed by atoms with E-state index in [9.17, 15) is 0 Å². The molecular formula is C28H49N. The molecule has 166 valence electrons. The normalized spacial score (nSPS) is 11.7. The average molecular weight is 400 g/mol. The third-order valence-electron chi connectivity index (χ3n) is 4.84. The van der Waals surface area contributed by atoms with Gasteiger partial charge in [0, 0.05) is 17.3 Å². The van der Waals surface area contributed by atoms with Crippen LogP contribution in [0.3, 0.4) is 0 Å². The van der Waals surface area contributed by atoms with E-state index in [2.05, 4.69) is 118 Å². The first-order chi connectivity index (χ1) is 12.1. The lowest BCUT2D eigenvalue weighted by Gasteiger charge is -2.22. The van der Waals surface area contributed by atoms with Gasteiger partial charge in [-0.05, 0) is 39.5 Å². The molecule has 0 aliphatic rings. The van der Waals surface area contributed by atoms with Gasteiger partial charge in [-0.3, -0.25) is 4.98 Å². The van der Waals surface area contributed by atoms with E-state index >= 15 is 0 Å². The minimum absolute atomic E-state index is 0. The Kier molecular flexibility index (Phi) is 11.2. The smallest absolute Gasteiger partial charge is 0.0457 e. The van der Waals surface area contributed by atoms with E-state index in [0.29, 0.717) is 5.92 Å². The monoisotopic (exact) mass is 399 g/mol. The summed E-state index contributed by atoms with van der Waals surface area (Å²) in [6, 6.07) is 13.3. The van der Waals surface area contributed by atoms with Crippen LogP contribution in [-0.2, 0) is 16.2 Å². The summed E-state index contributed by atoms with van der Waals surface area (Å²) < 4.78 is 0. The zero-order chi connectivity index (χ0) is 21.0. The van der Waals surface area contributed by atoms with Crippen LogP contribution < -0.4 is 0 Å². The van der Waals surface area contributed by atoms with Crippen LogP contribution >= 0.6 is 0 Å². The molecule has 0 N–H and O–H groups in total. The van der Waals surface area contributed by atoms with E-state index in [0.717, 1.165) is 5.69 Å². The van der Waals surface area contributed by atoms with Crippen molar-refractivity contribution in [2.75, 3.05) is 0 Å². The molecular weight excluding hydrogens is 350 g/mol. The molecule has 0 spiro atoms. The van der Waals surface area contributed by atoms with Crippen LogP contribution in [0.5, 0.6) is 0 Å². The van der Waals surface area contributed by atoms with Crippen molar-refractivity contribution >= 4 is 0 Å². The van der Waals surface area contributed by atoms with Crippen LogP contribution in [0.1, 0.15) is 119 Å². The third-order valence-corrected chi connectivity index (χ3v) is 4.84. The minimum Gasteiger partial charge on any atom is -0.260 e. The minimum atomic E-state index is 0. The molecule has 0 saturated heterocycles. The van der Waals surface area contributed by atoms with Gasteiger partial charge in [-0.15, -0.1) is 0 Å². The SMILES string of the molecule is C.C.CC(C)(C)c1ccc(C(C)(C)C)nc1.CC(C)c1ccc(C(C)(C)C)cc1. The summed E-state index contributed by atoms with van der Waals surface area (Å²) in [7, 11) is 0. The summed E-state index contributed by atoms with van der Waals surface area (Å²) in [6.45, 7) is 24.4. The highest BCUT2D eigenvalue weighted by molar-refractivity contribution is 5.29. The number of nitrogens with zero attached hydrogens (tertiary/aromatic N) is 1. The first-order valence-electron chi connectivity index (χ1n) is 10.2. The Morgan fingerprint density at radius 1 is 0.586 bits per heavy atom. The van der Waals surface area contributed by atoms with E-state index < -0.39 is 0 Å². The summed E-state index contributed by atoms with van der Waals surface area (Å²) in [5.74, 6) is 0.633. The van der Waals surface area contributed by atoms with Crippen molar-refractivity contribution in [3.63, 3.8) is 0 Å². The van der Waals surface area contributed by atoms with Crippen LogP contribution in [0, 0.1) is 0 Å². The molecule has 0 fully saturated rings. The second kappa shape index (κ2) is 11.0. The molecule has 1 aromatic carbocycles. The Bertz CT molecular complexity index is 651. The van der Waals surface area contributed by atoms with Crippen LogP contribution in [0.15, 0.2) is 42.6 Å². The molecule has 1 heterocycles. The molecule has 2 aromatic rings. The lowest BCUT2D eigenvalue weighted by Crippen LogP contribution is -2.16. The van der Waals surface area contributed by atoms with Crippen molar-refractivity contribution in [2.24, 2.45) is 0 Å². The van der Waals surface area contributed by atoms with Gasteiger partial charge in [-0.25, -0.2) is 0 Å². The summed E-state index contributed by atoms with van der Waals surface area (Å²) in [6.07, 6.45) is 2.00. The fourth-order valence-corrected chi connectivity index (χ4v) is 2.65. The predicted octanol–water partition coefficient (Wildman–Crippen LogP) is 9.06. The van der Waals surface area contributed by atoms with Crippen molar-refractivity contribution in [1.82, 2.24) is 4.98 Å². The van der Waals surface area contributed by atoms with Gasteiger partial charge in [0.25, 0.3) is 0 Å². The van der Waals surface area contributed by atoms with E-state index in [-0.39, 0.29) is 31.1 Å². The zero-order valence-electron chi connectivity index (χ0n) is 19.6. The van der Waals surface area contributed by atoms with Crippen molar-refractivity contribution in [3.8, 4) is 0 Å². The lowest BCUT2D eigenvalue weighted by atomic mass is 9.86. The molecule has 0 aliphatic heterocycles. The van der Waals surface area contributed by atoms with Gasteiger partial charge in [0.2, 0.25) is 0 Å². The molecule has 0 amide bonds. The van der Waals surface area contributed by atoms with Crippen LogP contribution in [0.25, 0.3) is 0 Å². The quantitative estimate of drug-likeness (QED) is 0.466. The maximum absolute atomic E-state index is 4.52. The summed E-state index contributed by atoms with van der Waals surface area (Å²) in [4.78, 5) is 4.52. The van der Waals surface area contributed by atoms with E-state index in [4.69, 9.17) is 0 Å². The Balaban J connectivity index is 0. The number of hydrogen-bond donors (Lipinski definition) is 0. The standard InChI is InChI=1S/C13H21N.C13H20.2CH4/c1-12(2,3)10-7-8-11(14-9-10)13(4,5)6;1-10(2)11-6-8-12(9-7-11)13(3,4)5;;/h7-9H,1-6H3;6-10H,1-5H3;2*1H4. The number of hydrogen-bond acceptors (Lipinski definition) is 1. The summed E-state index contributed by atoms with van der Waals surface area (Å²) in [5.41, 5.74) is 5.91. The molecule has 0 aliphatic carbocycles. The molecule has 0 bridgehead atoms. The summed E-state index contributed by atoms with van der Waals surface area (Å²) >= 11 is 0. The van der Waals surface area contributed by atoms with Gasteiger partial charge in [-0.1, -0.05) is 121 Å². The van der Waals surface area contributed by atoms with E-state index in [1.165, 1.54) is 16.7 Å². The molecule has 0 unspecified atom stereocenters. The molecule has 0 atom stereocenters. The number of benzene rings is 1. The first-order valence-corrected chi connectivity index (χ1v) is 10.2. The topological polar surface area (TPSA) is 12.9 Å². The molecule has 2 rings (SSSR count). The second-order valence-electron chi connectivity index (χ2n) is 11.0. The molecule has 0 saturated carbocycles. The molecule has 29 heavy (non-hydrogen) atoms. The Labute approximate surface area is 183 Å². The van der Waals surface area contributed by atoms with Gasteiger partial charge >= 0.3 is 0 Å². The first kappa shape index (κ1) is 29.6. The fourth-order valence-electron chi connectivity index (χ4n) is 2.65. The number of rotatable bonds is 1. The largest absolute Gasteiger partial charge is 0.260 e. The molecule has 1 aromatic heterocycles. The van der Waals surface area contributed by atoms with Crippen molar-refractivity contribution in [1.29, 1.82) is 0 Å². The molecule has 1 heteroatoms. The van der Waals surface area contributed by atoms with E-state index in [1.807, 2.05) is 6.20 Å². The second-order valence-corrected chi connectivity index (χ2v) is 11.0. The molecule has 0 radical (unpaired) electrons. The predicted molar refractivity (Wildman–Crippen MR) is 134 cm³/mol. The van der Waals surface area contributed by atoms with Crippen LogP contribution in [0.2, 0.25) is 0 Å². The Morgan fingerprint density at radius 3 is 1.28 bits per heavy atom. The van der Waals surface area contributed by atoms with Gasteiger partial charge < -0.3 is 0 Å². The van der Waals surface area contributed by atoms with Crippen molar-refractivity contribution < 1.29 is 0 Å². The fraction of sp³-hybridized carbons (Fsp3) is 0.607. The van der Waals surface area contributed by atoms with Gasteiger partial charge in [0.1, 0.15) is 0 Å². The highest BCUT2D eigenvalue weighted by Crippen LogP contribution is 2.25. The highest BCUT2D eigenvalue weighted by atomic mass is 14.7.